The van der Waals surface area contributed by atoms with Crippen LogP contribution in [-0.4, -0.2) is 5.29 Å². The smallest absolute Gasteiger partial charge is 0.00987 e. The molecule has 0 aromatic heterocycles. The molecule has 0 saturated carbocycles. The molecule has 0 N–H and O–H groups in total. The summed E-state index contributed by atoms with van der Waals surface area (Å²) < 4.78 is 0. The maximum atomic E-state index is 2.48. The molecule has 0 unspecified atom stereocenters. The van der Waals surface area contributed by atoms with Crippen molar-refractivity contribution in [1.82, 2.24) is 0 Å². The second kappa shape index (κ2) is 5.83. The summed E-state index contributed by atoms with van der Waals surface area (Å²) in [5.74, 6) is 0. The molecule has 0 aromatic carbocycles. The van der Waals surface area contributed by atoms with Gasteiger partial charge in [-0.2, -0.15) is 0 Å². The number of fused-ring (bicyclic) bond motifs is 1. The van der Waals surface area contributed by atoms with Crippen LogP contribution in [0.1, 0.15) is 59.3 Å². The normalized spacial score (nSPS) is 19.1. The standard InChI is InChI=1S/C16H23P/c1-4-7-12-10-16-15(14(12)9-6-3)11-13(17-16)8-5-2/h10-11H,4-9H2,1-3H3. The Kier molecular flexibility index (Phi) is 4.40. The summed E-state index contributed by atoms with van der Waals surface area (Å²) in [4.78, 5) is 0. The summed E-state index contributed by atoms with van der Waals surface area (Å²) in [6, 6.07) is 0. The molecule has 0 radical (unpaired) electrons. The van der Waals surface area contributed by atoms with E-state index in [2.05, 4.69) is 32.9 Å². The van der Waals surface area contributed by atoms with Crippen molar-refractivity contribution in [2.75, 3.05) is 0 Å². The zero-order valence-electron chi connectivity index (χ0n) is 11.3. The van der Waals surface area contributed by atoms with Gasteiger partial charge in [0.1, 0.15) is 0 Å². The van der Waals surface area contributed by atoms with E-state index >= 15 is 0 Å². The van der Waals surface area contributed by atoms with Crippen molar-refractivity contribution in [1.29, 1.82) is 0 Å². The molecule has 0 nitrogen and oxygen atoms in total. The van der Waals surface area contributed by atoms with Gasteiger partial charge in [0.15, 0.2) is 0 Å². The van der Waals surface area contributed by atoms with E-state index in [1.807, 2.05) is 0 Å². The largest absolute Gasteiger partial charge is 0.0651 e. The molecule has 0 spiro atoms. The fraction of sp³-hybridized carbons (Fsp3) is 0.562. The third kappa shape index (κ3) is 2.63. The van der Waals surface area contributed by atoms with E-state index < -0.39 is 0 Å². The lowest BCUT2D eigenvalue weighted by molar-refractivity contribution is 0.855. The van der Waals surface area contributed by atoms with E-state index in [1.165, 1.54) is 46.7 Å². The summed E-state index contributed by atoms with van der Waals surface area (Å²) in [6.45, 7) is 6.84. The Hall–Kier alpha value is -0.610. The Labute approximate surface area is 107 Å². The van der Waals surface area contributed by atoms with Gasteiger partial charge < -0.3 is 0 Å². The molecule has 0 atom stereocenters. The Morgan fingerprint density at radius 1 is 0.882 bits per heavy atom. The van der Waals surface area contributed by atoms with Gasteiger partial charge in [0.25, 0.3) is 0 Å². The zero-order chi connectivity index (χ0) is 12.3. The topological polar surface area (TPSA) is 0 Å². The van der Waals surface area contributed by atoms with E-state index in [-0.39, 0.29) is 0 Å². The lowest BCUT2D eigenvalue weighted by Crippen LogP contribution is -1.90. The highest BCUT2D eigenvalue weighted by molar-refractivity contribution is 7.47. The van der Waals surface area contributed by atoms with Gasteiger partial charge in [-0.15, -0.1) is 0 Å². The van der Waals surface area contributed by atoms with Crippen LogP contribution in [0.25, 0.3) is 0 Å². The van der Waals surface area contributed by atoms with Gasteiger partial charge in [-0.25, -0.2) is 0 Å². The van der Waals surface area contributed by atoms with Crippen LogP contribution in [0.3, 0.4) is 0 Å². The van der Waals surface area contributed by atoms with Crippen LogP contribution in [0.15, 0.2) is 34.2 Å². The number of allylic oxidation sites excluding steroid dienone is 6. The second-order valence-corrected chi connectivity index (χ2v) is 6.22. The summed E-state index contributed by atoms with van der Waals surface area (Å²) in [6.07, 6.45) is 12.5. The molecule has 2 aliphatic rings. The Morgan fingerprint density at radius 2 is 1.59 bits per heavy atom. The third-order valence-corrected chi connectivity index (χ3v) is 4.65. The Bertz CT molecular complexity index is 419. The molecule has 0 fully saturated rings. The van der Waals surface area contributed by atoms with Crippen molar-refractivity contribution in [3.8, 4) is 0 Å². The van der Waals surface area contributed by atoms with Gasteiger partial charge in [-0.05, 0) is 53.4 Å². The first-order valence-electron chi connectivity index (χ1n) is 7.03. The summed E-state index contributed by atoms with van der Waals surface area (Å²) in [7, 11) is 1.49. The van der Waals surface area contributed by atoms with Crippen LogP contribution in [0.4, 0.5) is 0 Å². The maximum Gasteiger partial charge on any atom is 0.00987 e. The first kappa shape index (κ1) is 12.8. The van der Waals surface area contributed by atoms with Gasteiger partial charge in [0.2, 0.25) is 0 Å². The van der Waals surface area contributed by atoms with Crippen molar-refractivity contribution >= 4 is 13.5 Å². The van der Waals surface area contributed by atoms with Crippen molar-refractivity contribution in [3.63, 3.8) is 0 Å². The summed E-state index contributed by atoms with van der Waals surface area (Å²) in [5.41, 5.74) is 4.86. The third-order valence-electron chi connectivity index (χ3n) is 3.40. The number of hydrogen-bond donors (Lipinski definition) is 0. The Balaban J connectivity index is 2.26. The molecule has 0 amide bonds. The fourth-order valence-electron chi connectivity index (χ4n) is 2.69. The lowest BCUT2D eigenvalue weighted by atomic mass is 9.97. The highest BCUT2D eigenvalue weighted by Gasteiger charge is 2.23. The van der Waals surface area contributed by atoms with Crippen molar-refractivity contribution in [2.24, 2.45) is 0 Å². The molecule has 0 saturated heterocycles. The van der Waals surface area contributed by atoms with Crippen LogP contribution in [0, 0.1) is 0 Å². The van der Waals surface area contributed by atoms with E-state index in [9.17, 15) is 0 Å². The van der Waals surface area contributed by atoms with Crippen molar-refractivity contribution < 1.29 is 0 Å². The van der Waals surface area contributed by atoms with Crippen LogP contribution in [-0.2, 0) is 0 Å². The molecule has 92 valence electrons. The highest BCUT2D eigenvalue weighted by atomic mass is 31.1. The molecule has 1 aliphatic carbocycles. The minimum absolute atomic E-state index is 1.26. The first-order valence-corrected chi connectivity index (χ1v) is 7.93. The van der Waals surface area contributed by atoms with Gasteiger partial charge in [-0.3, -0.25) is 0 Å². The van der Waals surface area contributed by atoms with Gasteiger partial charge in [0, 0.05) is 5.29 Å². The Morgan fingerprint density at radius 3 is 2.24 bits per heavy atom. The minimum Gasteiger partial charge on any atom is -0.0651 e. The highest BCUT2D eigenvalue weighted by Crippen LogP contribution is 2.42. The molecule has 0 bridgehead atoms. The predicted molar refractivity (Wildman–Crippen MR) is 79.8 cm³/mol. The van der Waals surface area contributed by atoms with Crippen molar-refractivity contribution in [3.05, 3.63) is 34.2 Å². The SMILES string of the molecule is CCCC1=CC2=C(CCC)C(CCC)=CC2=P1. The van der Waals surface area contributed by atoms with Crippen LogP contribution in [0.2, 0.25) is 0 Å². The molecule has 1 aliphatic heterocycles. The molecule has 17 heavy (non-hydrogen) atoms. The predicted octanol–water partition coefficient (Wildman–Crippen LogP) is 5.64. The van der Waals surface area contributed by atoms with E-state index in [0.717, 1.165) is 0 Å². The molecule has 0 aromatic rings. The molecule has 2 rings (SSSR count). The average Bonchev–Trinajstić information content (AvgIpc) is 2.80. The minimum atomic E-state index is 1.26. The molecule has 1 heterocycles. The van der Waals surface area contributed by atoms with E-state index in [1.54, 1.807) is 27.3 Å². The monoisotopic (exact) mass is 246 g/mol. The zero-order valence-corrected chi connectivity index (χ0v) is 12.2. The average molecular weight is 246 g/mol. The fourth-order valence-corrected chi connectivity index (χ4v) is 4.07. The molecular weight excluding hydrogens is 223 g/mol. The van der Waals surface area contributed by atoms with Gasteiger partial charge in [-0.1, -0.05) is 48.2 Å². The number of rotatable bonds is 6. The molecule has 1 heteroatoms. The first-order chi connectivity index (χ1) is 8.30. The lowest BCUT2D eigenvalue weighted by Gasteiger charge is -2.07. The second-order valence-electron chi connectivity index (χ2n) is 4.94. The number of hydrogen-bond acceptors (Lipinski definition) is 0. The molecular formula is C16H23P. The van der Waals surface area contributed by atoms with Crippen molar-refractivity contribution in [2.45, 2.75) is 59.3 Å². The van der Waals surface area contributed by atoms with Gasteiger partial charge >= 0.3 is 0 Å². The summed E-state index contributed by atoms with van der Waals surface area (Å²) in [5, 5.41) is 3.21. The summed E-state index contributed by atoms with van der Waals surface area (Å²) >= 11 is 0. The van der Waals surface area contributed by atoms with Crippen LogP contribution < -0.4 is 0 Å². The van der Waals surface area contributed by atoms with E-state index in [0.29, 0.717) is 0 Å². The quantitative estimate of drug-likeness (QED) is 0.532. The maximum absolute atomic E-state index is 2.48. The van der Waals surface area contributed by atoms with Crippen LogP contribution >= 0.6 is 8.20 Å². The van der Waals surface area contributed by atoms with Gasteiger partial charge in [0.05, 0.1) is 0 Å². The van der Waals surface area contributed by atoms with E-state index in [4.69, 9.17) is 0 Å². The van der Waals surface area contributed by atoms with Crippen LogP contribution in [0.5, 0.6) is 0 Å².